The Morgan fingerprint density at radius 1 is 1.29 bits per heavy atom. The van der Waals surface area contributed by atoms with Crippen molar-refractivity contribution >= 4 is 23.1 Å². The molecule has 1 aliphatic rings. The molecule has 0 saturated carbocycles. The van der Waals surface area contributed by atoms with Gasteiger partial charge >= 0.3 is 5.97 Å². The fourth-order valence-electron chi connectivity index (χ4n) is 1.47. The summed E-state index contributed by atoms with van der Waals surface area (Å²) in [6.45, 7) is 0.326. The Kier molecular flexibility index (Phi) is 2.55. The molecule has 0 atom stereocenters. The lowest BCUT2D eigenvalue weighted by Crippen LogP contribution is -1.98. The second-order valence-corrected chi connectivity index (χ2v) is 3.32. The molecule has 1 heterocycles. The molecule has 1 aromatic rings. The zero-order valence-electron chi connectivity index (χ0n) is 7.50. The van der Waals surface area contributed by atoms with Crippen molar-refractivity contribution in [3.63, 3.8) is 0 Å². The first-order valence-corrected chi connectivity index (χ1v) is 4.87. The summed E-state index contributed by atoms with van der Waals surface area (Å²) in [5.41, 5.74) is 2.37. The molecule has 0 bridgehead atoms. The highest BCUT2D eigenvalue weighted by Crippen LogP contribution is 2.26. The van der Waals surface area contributed by atoms with Crippen molar-refractivity contribution in [2.75, 3.05) is 12.5 Å². The first kappa shape index (κ1) is 9.28. The van der Waals surface area contributed by atoms with E-state index in [1.165, 1.54) is 0 Å². The van der Waals surface area contributed by atoms with Crippen LogP contribution < -0.4 is 0 Å². The zero-order chi connectivity index (χ0) is 9.97. The maximum absolute atomic E-state index is 11.4. The van der Waals surface area contributed by atoms with Gasteiger partial charge in [-0.05, 0) is 11.1 Å². The summed E-state index contributed by atoms with van der Waals surface area (Å²) < 4.78 is 4.93. The Morgan fingerprint density at radius 3 is 2.64 bits per heavy atom. The Labute approximate surface area is 87.1 Å². The summed E-state index contributed by atoms with van der Waals surface area (Å²) in [5, 5.41) is 0. The molecule has 0 radical (unpaired) electrons. The van der Waals surface area contributed by atoms with Crippen LogP contribution in [0.25, 0.3) is 5.57 Å². The molecule has 14 heavy (non-hydrogen) atoms. The van der Waals surface area contributed by atoms with E-state index in [2.05, 4.69) is 0 Å². The average molecular weight is 209 g/mol. The van der Waals surface area contributed by atoms with E-state index < -0.39 is 0 Å². The van der Waals surface area contributed by atoms with Gasteiger partial charge in [-0.15, -0.1) is 11.6 Å². The van der Waals surface area contributed by atoms with E-state index in [1.54, 1.807) is 0 Å². The smallest absolute Gasteiger partial charge is 0.339 e. The lowest BCUT2D eigenvalue weighted by Gasteiger charge is -1.99. The number of ether oxygens (including phenoxy) is 1. The van der Waals surface area contributed by atoms with Gasteiger partial charge in [-0.1, -0.05) is 30.3 Å². The zero-order valence-corrected chi connectivity index (χ0v) is 8.25. The van der Waals surface area contributed by atoms with Gasteiger partial charge in [0.1, 0.15) is 6.61 Å². The molecule has 0 aromatic heterocycles. The third kappa shape index (κ3) is 1.53. The van der Waals surface area contributed by atoms with E-state index in [4.69, 9.17) is 16.3 Å². The van der Waals surface area contributed by atoms with Crippen LogP contribution in [-0.4, -0.2) is 18.5 Å². The van der Waals surface area contributed by atoms with Gasteiger partial charge in [0.25, 0.3) is 0 Å². The topological polar surface area (TPSA) is 26.3 Å². The highest BCUT2D eigenvalue weighted by molar-refractivity contribution is 6.25. The molecule has 0 N–H and O–H groups in total. The number of halogens is 1. The largest absolute Gasteiger partial charge is 0.457 e. The van der Waals surface area contributed by atoms with Crippen molar-refractivity contribution in [1.29, 1.82) is 0 Å². The Morgan fingerprint density at radius 2 is 2.00 bits per heavy atom. The van der Waals surface area contributed by atoms with E-state index in [9.17, 15) is 4.79 Å². The SMILES string of the molecule is O=C1OCC(CCl)=C1c1ccccc1. The number of carbonyl (C=O) groups is 1. The van der Waals surface area contributed by atoms with Crippen LogP contribution in [0.15, 0.2) is 35.9 Å². The number of benzene rings is 1. The first-order chi connectivity index (χ1) is 6.83. The molecule has 0 unspecified atom stereocenters. The maximum Gasteiger partial charge on any atom is 0.339 e. The summed E-state index contributed by atoms with van der Waals surface area (Å²) in [5.74, 6) is 0.0718. The molecule has 3 heteroatoms. The Balaban J connectivity index is 2.46. The van der Waals surface area contributed by atoms with Gasteiger partial charge in [-0.25, -0.2) is 4.79 Å². The van der Waals surface area contributed by atoms with Crippen molar-refractivity contribution in [2.45, 2.75) is 0 Å². The lowest BCUT2D eigenvalue weighted by atomic mass is 10.0. The van der Waals surface area contributed by atoms with Crippen LogP contribution >= 0.6 is 11.6 Å². The van der Waals surface area contributed by atoms with Crippen molar-refractivity contribution in [3.05, 3.63) is 41.5 Å². The molecule has 1 aliphatic heterocycles. The number of rotatable bonds is 2. The minimum atomic E-state index is -0.271. The van der Waals surface area contributed by atoms with Crippen LogP contribution in [0.5, 0.6) is 0 Å². The molecular formula is C11H9ClO2. The van der Waals surface area contributed by atoms with Crippen molar-refractivity contribution in [2.24, 2.45) is 0 Å². The normalized spacial score (nSPS) is 15.9. The molecule has 1 aromatic carbocycles. The number of cyclic esters (lactones) is 1. The van der Waals surface area contributed by atoms with Crippen molar-refractivity contribution in [3.8, 4) is 0 Å². The molecule has 0 spiro atoms. The molecule has 0 saturated heterocycles. The second kappa shape index (κ2) is 3.84. The van der Waals surface area contributed by atoms with Gasteiger partial charge in [0.15, 0.2) is 0 Å². The first-order valence-electron chi connectivity index (χ1n) is 4.33. The number of hydrogen-bond acceptors (Lipinski definition) is 2. The predicted molar refractivity (Wildman–Crippen MR) is 55.0 cm³/mol. The van der Waals surface area contributed by atoms with Crippen molar-refractivity contribution in [1.82, 2.24) is 0 Å². The molecule has 72 valence electrons. The van der Waals surface area contributed by atoms with Gasteiger partial charge in [-0.3, -0.25) is 0 Å². The number of carbonyl (C=O) groups excluding carboxylic acids is 1. The van der Waals surface area contributed by atoms with Gasteiger partial charge in [0.05, 0.1) is 5.57 Å². The average Bonchev–Trinajstić information content (AvgIpc) is 2.61. The lowest BCUT2D eigenvalue weighted by molar-refractivity contribution is -0.134. The molecular weight excluding hydrogens is 200 g/mol. The van der Waals surface area contributed by atoms with E-state index in [-0.39, 0.29) is 5.97 Å². The number of hydrogen-bond donors (Lipinski definition) is 0. The highest BCUT2D eigenvalue weighted by atomic mass is 35.5. The van der Waals surface area contributed by atoms with Gasteiger partial charge < -0.3 is 4.74 Å². The minimum absolute atomic E-state index is 0.271. The second-order valence-electron chi connectivity index (χ2n) is 3.05. The minimum Gasteiger partial charge on any atom is -0.457 e. The van der Waals surface area contributed by atoms with Crippen LogP contribution in [0.3, 0.4) is 0 Å². The highest BCUT2D eigenvalue weighted by Gasteiger charge is 2.24. The summed E-state index contributed by atoms with van der Waals surface area (Å²) in [7, 11) is 0. The third-order valence-electron chi connectivity index (χ3n) is 2.16. The summed E-state index contributed by atoms with van der Waals surface area (Å²) >= 11 is 5.73. The standard InChI is InChI=1S/C11H9ClO2/c12-6-9-7-14-11(13)10(9)8-4-2-1-3-5-8/h1-5H,6-7H2. The molecule has 0 aliphatic carbocycles. The van der Waals surface area contributed by atoms with Crippen LogP contribution in [0, 0.1) is 0 Å². The fourth-order valence-corrected chi connectivity index (χ4v) is 1.68. The van der Waals surface area contributed by atoms with Crippen LogP contribution in [0.2, 0.25) is 0 Å². The monoisotopic (exact) mass is 208 g/mol. The predicted octanol–water partition coefficient (Wildman–Crippen LogP) is 2.24. The van der Waals surface area contributed by atoms with Gasteiger partial charge in [0, 0.05) is 5.88 Å². The Bertz CT molecular complexity index is 382. The maximum atomic E-state index is 11.4. The third-order valence-corrected chi connectivity index (χ3v) is 2.48. The van der Waals surface area contributed by atoms with Gasteiger partial charge in [-0.2, -0.15) is 0 Å². The quantitative estimate of drug-likeness (QED) is 0.551. The van der Waals surface area contributed by atoms with Crippen LogP contribution in [0.1, 0.15) is 5.56 Å². The fraction of sp³-hybridized carbons (Fsp3) is 0.182. The van der Waals surface area contributed by atoms with E-state index in [1.807, 2.05) is 30.3 Å². The molecule has 2 nitrogen and oxygen atoms in total. The molecule has 0 fully saturated rings. The molecule has 2 rings (SSSR count). The number of alkyl halides is 1. The van der Waals surface area contributed by atoms with E-state index in [0.29, 0.717) is 18.1 Å². The van der Waals surface area contributed by atoms with E-state index >= 15 is 0 Å². The summed E-state index contributed by atoms with van der Waals surface area (Å²) in [4.78, 5) is 11.4. The van der Waals surface area contributed by atoms with Crippen LogP contribution in [0.4, 0.5) is 0 Å². The Hall–Kier alpha value is -1.28. The summed E-state index contributed by atoms with van der Waals surface area (Å²) in [6.07, 6.45) is 0. The van der Waals surface area contributed by atoms with Crippen LogP contribution in [-0.2, 0) is 9.53 Å². The van der Waals surface area contributed by atoms with Gasteiger partial charge in [0.2, 0.25) is 0 Å². The number of esters is 1. The summed E-state index contributed by atoms with van der Waals surface area (Å²) in [6, 6.07) is 9.45. The van der Waals surface area contributed by atoms with Crippen molar-refractivity contribution < 1.29 is 9.53 Å². The van der Waals surface area contributed by atoms with E-state index in [0.717, 1.165) is 11.1 Å². The molecule has 0 amide bonds.